The van der Waals surface area contributed by atoms with Crippen molar-refractivity contribution in [1.82, 2.24) is 20.0 Å². The summed E-state index contributed by atoms with van der Waals surface area (Å²) in [6.45, 7) is 14.0. The molecule has 8 heteroatoms. The molecule has 8 nitrogen and oxygen atoms in total. The Bertz CT molecular complexity index is 958. The topological polar surface area (TPSA) is 77.9 Å². The first-order valence-electron chi connectivity index (χ1n) is 14.2. The van der Waals surface area contributed by atoms with Crippen LogP contribution in [0.5, 0.6) is 0 Å². The summed E-state index contributed by atoms with van der Waals surface area (Å²) in [5.74, 6) is 0. The van der Waals surface area contributed by atoms with Crippen molar-refractivity contribution in [3.05, 3.63) is 23.5 Å². The lowest BCUT2D eigenvalue weighted by Gasteiger charge is -2.42. The summed E-state index contributed by atoms with van der Waals surface area (Å²) in [6.07, 6.45) is 13.0. The fourth-order valence-corrected chi connectivity index (χ4v) is 5.83. The molecule has 1 amide bonds. The molecule has 1 aromatic heterocycles. The summed E-state index contributed by atoms with van der Waals surface area (Å²) >= 11 is 0. The van der Waals surface area contributed by atoms with E-state index >= 15 is 0 Å². The highest BCUT2D eigenvalue weighted by Crippen LogP contribution is 2.53. The van der Waals surface area contributed by atoms with Crippen LogP contribution in [0.15, 0.2) is 12.3 Å². The second-order valence-electron chi connectivity index (χ2n) is 12.5. The van der Waals surface area contributed by atoms with Gasteiger partial charge in [-0.25, -0.2) is 9.48 Å². The van der Waals surface area contributed by atoms with E-state index in [1.54, 1.807) is 11.9 Å². The van der Waals surface area contributed by atoms with Gasteiger partial charge in [-0.2, -0.15) is 5.10 Å². The summed E-state index contributed by atoms with van der Waals surface area (Å²) in [5, 5.41) is 8.59. The average Bonchev–Trinajstić information content (AvgIpc) is 3.39. The third-order valence-electron chi connectivity index (χ3n) is 8.40. The minimum atomic E-state index is -0.481. The third-order valence-corrected chi connectivity index (χ3v) is 8.40. The van der Waals surface area contributed by atoms with E-state index in [4.69, 9.17) is 19.3 Å². The molecule has 1 aliphatic carbocycles. The van der Waals surface area contributed by atoms with Gasteiger partial charge in [0.05, 0.1) is 11.3 Å². The Labute approximate surface area is 223 Å². The minimum absolute atomic E-state index is 0.0365. The van der Waals surface area contributed by atoms with Crippen molar-refractivity contribution in [2.45, 2.75) is 103 Å². The predicted octanol–water partition coefficient (Wildman–Crippen LogP) is 5.33. The largest absolute Gasteiger partial charge is 0.444 e. The zero-order valence-electron chi connectivity index (χ0n) is 23.9. The molecule has 2 saturated heterocycles. The molecule has 2 aliphatic heterocycles. The molecule has 208 valence electrons. The van der Waals surface area contributed by atoms with E-state index in [1.165, 1.54) is 17.6 Å². The van der Waals surface area contributed by atoms with Crippen LogP contribution in [-0.2, 0) is 20.6 Å². The van der Waals surface area contributed by atoms with Gasteiger partial charge in [-0.15, -0.1) is 0 Å². The number of carbonyl (C=O) groups is 1. The molecule has 3 heterocycles. The van der Waals surface area contributed by atoms with Crippen LogP contribution in [0.25, 0.3) is 5.57 Å². The van der Waals surface area contributed by atoms with Gasteiger partial charge in [0, 0.05) is 45.0 Å². The Kier molecular flexibility index (Phi) is 8.71. The van der Waals surface area contributed by atoms with E-state index in [2.05, 4.69) is 36.1 Å². The van der Waals surface area contributed by atoms with Gasteiger partial charge in [0.1, 0.15) is 11.8 Å². The van der Waals surface area contributed by atoms with Crippen LogP contribution in [0.4, 0.5) is 4.79 Å². The Morgan fingerprint density at radius 3 is 2.68 bits per heavy atom. The van der Waals surface area contributed by atoms with Crippen molar-refractivity contribution < 1.29 is 19.0 Å². The number of allylic oxidation sites excluding steroid dienone is 2. The first-order valence-corrected chi connectivity index (χ1v) is 14.2. The Balaban J connectivity index is 1.38. The first kappa shape index (κ1) is 28.1. The molecule has 0 radical (unpaired) electrons. The van der Waals surface area contributed by atoms with E-state index in [1.807, 2.05) is 20.8 Å². The van der Waals surface area contributed by atoms with E-state index in [0.29, 0.717) is 13.1 Å². The molecule has 4 rings (SSSR count). The molecule has 1 N–H and O–H groups in total. The number of ether oxygens (including phenoxy) is 3. The second-order valence-corrected chi connectivity index (χ2v) is 12.5. The zero-order chi connectivity index (χ0) is 26.7. The molecule has 3 aliphatic rings. The van der Waals surface area contributed by atoms with Crippen LogP contribution in [0.1, 0.15) is 97.0 Å². The Morgan fingerprint density at radius 1 is 1.24 bits per heavy atom. The Morgan fingerprint density at radius 2 is 2.05 bits per heavy atom. The monoisotopic (exact) mass is 516 g/mol. The molecule has 37 heavy (non-hydrogen) atoms. The van der Waals surface area contributed by atoms with Crippen LogP contribution in [0.3, 0.4) is 0 Å². The van der Waals surface area contributed by atoms with E-state index in [0.717, 1.165) is 70.4 Å². The molecule has 2 unspecified atom stereocenters. The normalized spacial score (nSPS) is 25.8. The summed E-state index contributed by atoms with van der Waals surface area (Å²) in [4.78, 5) is 13.8. The van der Waals surface area contributed by atoms with Crippen molar-refractivity contribution >= 4 is 11.7 Å². The minimum Gasteiger partial charge on any atom is -0.444 e. The number of rotatable bonds is 8. The summed E-state index contributed by atoms with van der Waals surface area (Å²) in [5.41, 5.74) is 3.46. The molecule has 2 atom stereocenters. The van der Waals surface area contributed by atoms with Gasteiger partial charge in [-0.05, 0) is 104 Å². The van der Waals surface area contributed by atoms with E-state index < -0.39 is 5.60 Å². The number of nitrogens with zero attached hydrogens (tertiary/aromatic N) is 3. The number of hydrogen-bond acceptors (Lipinski definition) is 6. The molecule has 1 aromatic rings. The zero-order valence-corrected chi connectivity index (χ0v) is 23.9. The lowest BCUT2D eigenvalue weighted by Crippen LogP contribution is -2.40. The number of amides is 1. The standard InChI is InChI=1S/C29H48N4O4/c1-27(2,3)37-26(34)32(6)18-17-30-16-12-23-21-33(24-9-7-8-19-35-24)31-25(23)22-10-13-29(14-11-22)15-20-36-28(29,4)5/h10,21,24,30H,7-9,11-20H2,1-6H3. The highest BCUT2D eigenvalue weighted by molar-refractivity contribution is 5.67. The van der Waals surface area contributed by atoms with Gasteiger partial charge in [-0.3, -0.25) is 0 Å². The van der Waals surface area contributed by atoms with Gasteiger partial charge in [-0.1, -0.05) is 6.08 Å². The highest BCUT2D eigenvalue weighted by Gasteiger charge is 2.50. The van der Waals surface area contributed by atoms with Crippen molar-refractivity contribution in [1.29, 1.82) is 0 Å². The van der Waals surface area contributed by atoms with Crippen LogP contribution in [-0.4, -0.2) is 71.9 Å². The third kappa shape index (κ3) is 6.76. The second kappa shape index (κ2) is 11.5. The number of carbonyl (C=O) groups excluding carboxylic acids is 1. The van der Waals surface area contributed by atoms with E-state index in [9.17, 15) is 4.79 Å². The maximum absolute atomic E-state index is 12.2. The maximum atomic E-state index is 12.2. The van der Waals surface area contributed by atoms with Crippen LogP contribution in [0, 0.1) is 5.41 Å². The Hall–Kier alpha value is -1.90. The molecule has 2 fully saturated rings. The summed E-state index contributed by atoms with van der Waals surface area (Å²) in [6, 6.07) is 0. The molecule has 0 saturated carbocycles. The quantitative estimate of drug-likeness (QED) is 0.471. The van der Waals surface area contributed by atoms with Gasteiger partial charge < -0.3 is 24.4 Å². The van der Waals surface area contributed by atoms with Gasteiger partial charge >= 0.3 is 6.09 Å². The molecule has 0 bridgehead atoms. The van der Waals surface area contributed by atoms with Crippen LogP contribution in [0.2, 0.25) is 0 Å². The lowest BCUT2D eigenvalue weighted by molar-refractivity contribution is -0.0396. The number of nitrogens with one attached hydrogen (secondary N) is 1. The number of hydrogen-bond donors (Lipinski definition) is 1. The van der Waals surface area contributed by atoms with Crippen molar-refractivity contribution in [3.63, 3.8) is 0 Å². The molecule has 0 aromatic carbocycles. The van der Waals surface area contributed by atoms with Crippen LogP contribution >= 0.6 is 0 Å². The lowest BCUT2D eigenvalue weighted by atomic mass is 9.64. The number of aromatic nitrogens is 2. The van der Waals surface area contributed by atoms with Crippen molar-refractivity contribution in [2.75, 3.05) is 39.9 Å². The van der Waals surface area contributed by atoms with Crippen molar-refractivity contribution in [2.24, 2.45) is 5.41 Å². The maximum Gasteiger partial charge on any atom is 0.410 e. The molecule has 1 spiro atoms. The number of likely N-dealkylation sites (N-methyl/N-ethyl adjacent to an activating group) is 1. The average molecular weight is 517 g/mol. The van der Waals surface area contributed by atoms with Gasteiger partial charge in [0.15, 0.2) is 0 Å². The van der Waals surface area contributed by atoms with E-state index in [-0.39, 0.29) is 23.3 Å². The summed E-state index contributed by atoms with van der Waals surface area (Å²) in [7, 11) is 1.78. The van der Waals surface area contributed by atoms with Gasteiger partial charge in [0.2, 0.25) is 0 Å². The van der Waals surface area contributed by atoms with Gasteiger partial charge in [0.25, 0.3) is 0 Å². The molecular weight excluding hydrogens is 468 g/mol. The fourth-order valence-electron chi connectivity index (χ4n) is 5.83. The molecular formula is C29H48N4O4. The van der Waals surface area contributed by atoms with Crippen molar-refractivity contribution in [3.8, 4) is 0 Å². The first-order chi connectivity index (χ1) is 17.5. The highest BCUT2D eigenvalue weighted by atomic mass is 16.6. The summed E-state index contributed by atoms with van der Waals surface area (Å²) < 4.78 is 19.7. The SMILES string of the molecule is CN(CCNCCc1cn(C2CCCCO2)nc1C1=CCC2(CCOC2(C)C)CC1)C(=O)OC(C)(C)C. The smallest absolute Gasteiger partial charge is 0.410 e. The van der Waals surface area contributed by atoms with Crippen LogP contribution < -0.4 is 5.32 Å². The fraction of sp³-hybridized carbons (Fsp3) is 0.793. The predicted molar refractivity (Wildman–Crippen MR) is 145 cm³/mol.